The molecule has 1 N–H and O–H groups in total. The quantitative estimate of drug-likeness (QED) is 0.780. The van der Waals surface area contributed by atoms with E-state index in [0.29, 0.717) is 26.1 Å². The lowest BCUT2D eigenvalue weighted by Gasteiger charge is -2.19. The second-order valence-electron chi connectivity index (χ2n) is 4.57. The van der Waals surface area contributed by atoms with E-state index in [4.69, 9.17) is 5.11 Å². The SMILES string of the molecule is O=C(O)CCN1C[C@@H]2CCC(F)(F)[C@H]2C1. The van der Waals surface area contributed by atoms with Gasteiger partial charge in [0.2, 0.25) is 0 Å². The van der Waals surface area contributed by atoms with Crippen LogP contribution in [-0.4, -0.2) is 41.5 Å². The Kier molecular flexibility index (Phi) is 2.66. The van der Waals surface area contributed by atoms with Gasteiger partial charge < -0.3 is 10.0 Å². The highest BCUT2D eigenvalue weighted by Gasteiger charge is 2.53. The highest BCUT2D eigenvalue weighted by molar-refractivity contribution is 5.66. The number of hydrogen-bond acceptors (Lipinski definition) is 2. The summed E-state index contributed by atoms with van der Waals surface area (Å²) < 4.78 is 26.7. The van der Waals surface area contributed by atoms with Crippen molar-refractivity contribution < 1.29 is 18.7 Å². The monoisotopic (exact) mass is 219 g/mol. The summed E-state index contributed by atoms with van der Waals surface area (Å²) in [6.07, 6.45) is 0.640. The molecule has 1 heterocycles. The smallest absolute Gasteiger partial charge is 0.304 e. The number of alkyl halides is 2. The van der Waals surface area contributed by atoms with E-state index in [1.54, 1.807) is 0 Å². The molecule has 2 rings (SSSR count). The van der Waals surface area contributed by atoms with Gasteiger partial charge in [-0.1, -0.05) is 0 Å². The van der Waals surface area contributed by atoms with E-state index < -0.39 is 17.8 Å². The van der Waals surface area contributed by atoms with Crippen LogP contribution >= 0.6 is 0 Å². The van der Waals surface area contributed by atoms with Crippen LogP contribution in [0.4, 0.5) is 8.78 Å². The largest absolute Gasteiger partial charge is 0.481 e. The number of fused-ring (bicyclic) bond motifs is 1. The number of carbonyl (C=O) groups is 1. The molecule has 1 aliphatic heterocycles. The third-order valence-electron chi connectivity index (χ3n) is 3.55. The Labute approximate surface area is 87.1 Å². The van der Waals surface area contributed by atoms with Gasteiger partial charge in [0, 0.05) is 32.0 Å². The minimum Gasteiger partial charge on any atom is -0.481 e. The van der Waals surface area contributed by atoms with Crippen molar-refractivity contribution in [2.45, 2.75) is 25.2 Å². The number of carboxylic acids is 1. The van der Waals surface area contributed by atoms with E-state index in [1.807, 2.05) is 4.90 Å². The van der Waals surface area contributed by atoms with Crippen LogP contribution in [0, 0.1) is 11.8 Å². The van der Waals surface area contributed by atoms with Crippen molar-refractivity contribution in [3.05, 3.63) is 0 Å². The van der Waals surface area contributed by atoms with Crippen LogP contribution < -0.4 is 0 Å². The maximum atomic E-state index is 13.3. The zero-order valence-corrected chi connectivity index (χ0v) is 8.46. The molecule has 1 saturated heterocycles. The van der Waals surface area contributed by atoms with Crippen LogP contribution in [0.5, 0.6) is 0 Å². The number of aliphatic carboxylic acids is 1. The Morgan fingerprint density at radius 3 is 2.80 bits per heavy atom. The Morgan fingerprint density at radius 2 is 2.20 bits per heavy atom. The lowest BCUT2D eigenvalue weighted by Crippen LogP contribution is -2.30. The van der Waals surface area contributed by atoms with Crippen molar-refractivity contribution in [2.24, 2.45) is 11.8 Å². The Hall–Kier alpha value is -0.710. The number of hydrogen-bond donors (Lipinski definition) is 1. The van der Waals surface area contributed by atoms with E-state index in [9.17, 15) is 13.6 Å². The molecule has 15 heavy (non-hydrogen) atoms. The average Bonchev–Trinajstić information content (AvgIpc) is 2.65. The van der Waals surface area contributed by atoms with Crippen LogP contribution in [-0.2, 0) is 4.79 Å². The number of halogens is 2. The van der Waals surface area contributed by atoms with Crippen LogP contribution in [0.2, 0.25) is 0 Å². The molecule has 0 spiro atoms. The second kappa shape index (κ2) is 3.70. The number of nitrogens with zero attached hydrogens (tertiary/aromatic N) is 1. The standard InChI is InChI=1S/C10H15F2NO2/c11-10(12)3-1-7-5-13(6-8(7)10)4-2-9(14)15/h7-8H,1-6H2,(H,14,15)/t7-,8-/m0/s1. The Balaban J connectivity index is 1.87. The predicted octanol–water partition coefficient (Wildman–Crippen LogP) is 1.44. The summed E-state index contributed by atoms with van der Waals surface area (Å²) in [4.78, 5) is 12.2. The third-order valence-corrected chi connectivity index (χ3v) is 3.55. The third kappa shape index (κ3) is 2.12. The van der Waals surface area contributed by atoms with Gasteiger partial charge in [-0.15, -0.1) is 0 Å². The van der Waals surface area contributed by atoms with E-state index in [-0.39, 0.29) is 18.8 Å². The predicted molar refractivity (Wildman–Crippen MR) is 49.9 cm³/mol. The number of likely N-dealkylation sites (tertiary alicyclic amines) is 1. The molecule has 2 atom stereocenters. The Morgan fingerprint density at radius 1 is 1.47 bits per heavy atom. The maximum absolute atomic E-state index is 13.3. The molecule has 5 heteroatoms. The lowest BCUT2D eigenvalue weighted by molar-refractivity contribution is -0.137. The van der Waals surface area contributed by atoms with E-state index >= 15 is 0 Å². The number of rotatable bonds is 3. The molecule has 0 radical (unpaired) electrons. The van der Waals surface area contributed by atoms with Gasteiger partial charge >= 0.3 is 5.97 Å². The zero-order valence-electron chi connectivity index (χ0n) is 8.46. The molecule has 0 aromatic heterocycles. The minimum absolute atomic E-state index is 0.00903. The van der Waals surface area contributed by atoms with Gasteiger partial charge in [-0.2, -0.15) is 0 Å². The van der Waals surface area contributed by atoms with Gasteiger partial charge in [0.15, 0.2) is 0 Å². The summed E-state index contributed by atoms with van der Waals surface area (Å²) in [6.45, 7) is 1.41. The second-order valence-corrected chi connectivity index (χ2v) is 4.57. The molecular formula is C10H15F2NO2. The molecule has 0 unspecified atom stereocenters. The molecule has 86 valence electrons. The molecule has 0 amide bonds. The summed E-state index contributed by atoms with van der Waals surface area (Å²) in [7, 11) is 0. The molecular weight excluding hydrogens is 204 g/mol. The summed E-state index contributed by atoms with van der Waals surface area (Å²) >= 11 is 0. The van der Waals surface area contributed by atoms with E-state index in [2.05, 4.69) is 0 Å². The van der Waals surface area contributed by atoms with Crippen LogP contribution in [0.25, 0.3) is 0 Å². The lowest BCUT2D eigenvalue weighted by atomic mass is 9.99. The molecule has 3 nitrogen and oxygen atoms in total. The highest BCUT2D eigenvalue weighted by Crippen LogP contribution is 2.48. The minimum atomic E-state index is -2.53. The summed E-state index contributed by atoms with van der Waals surface area (Å²) in [5.41, 5.74) is 0. The molecule has 2 fully saturated rings. The summed E-state index contributed by atoms with van der Waals surface area (Å²) in [5.74, 6) is -3.85. The van der Waals surface area contributed by atoms with Crippen molar-refractivity contribution in [3.8, 4) is 0 Å². The first-order valence-corrected chi connectivity index (χ1v) is 5.31. The van der Waals surface area contributed by atoms with Gasteiger partial charge in [-0.3, -0.25) is 4.79 Å². The van der Waals surface area contributed by atoms with Gasteiger partial charge in [-0.05, 0) is 12.3 Å². The molecule has 0 aromatic carbocycles. The summed E-state index contributed by atoms with van der Waals surface area (Å²) in [5, 5.41) is 8.50. The Bertz CT molecular complexity index is 270. The fourth-order valence-corrected chi connectivity index (χ4v) is 2.73. The molecule has 1 aliphatic carbocycles. The van der Waals surface area contributed by atoms with Crippen LogP contribution in [0.15, 0.2) is 0 Å². The fourth-order valence-electron chi connectivity index (χ4n) is 2.73. The van der Waals surface area contributed by atoms with E-state index in [0.717, 1.165) is 0 Å². The van der Waals surface area contributed by atoms with Gasteiger partial charge in [-0.25, -0.2) is 8.78 Å². The van der Waals surface area contributed by atoms with Crippen LogP contribution in [0.3, 0.4) is 0 Å². The zero-order chi connectivity index (χ0) is 11.1. The first kappa shape index (κ1) is 10.8. The molecule has 0 aromatic rings. The number of carboxylic acid groups (broad SMARTS) is 1. The van der Waals surface area contributed by atoms with Crippen molar-refractivity contribution in [1.82, 2.24) is 4.90 Å². The first-order valence-electron chi connectivity index (χ1n) is 5.31. The van der Waals surface area contributed by atoms with Crippen molar-refractivity contribution in [3.63, 3.8) is 0 Å². The van der Waals surface area contributed by atoms with Crippen LogP contribution in [0.1, 0.15) is 19.3 Å². The van der Waals surface area contributed by atoms with Gasteiger partial charge in [0.1, 0.15) is 0 Å². The first-order chi connectivity index (χ1) is 6.99. The van der Waals surface area contributed by atoms with Gasteiger partial charge in [0.05, 0.1) is 6.42 Å². The molecule has 0 bridgehead atoms. The average molecular weight is 219 g/mol. The maximum Gasteiger partial charge on any atom is 0.304 e. The van der Waals surface area contributed by atoms with Crippen molar-refractivity contribution >= 4 is 5.97 Å². The summed E-state index contributed by atoms with van der Waals surface area (Å²) in [6, 6.07) is 0. The normalized spacial score (nSPS) is 34.3. The van der Waals surface area contributed by atoms with E-state index in [1.165, 1.54) is 0 Å². The molecule has 2 aliphatic rings. The van der Waals surface area contributed by atoms with Crippen molar-refractivity contribution in [1.29, 1.82) is 0 Å². The van der Waals surface area contributed by atoms with Gasteiger partial charge in [0.25, 0.3) is 5.92 Å². The fraction of sp³-hybridized carbons (Fsp3) is 0.900. The topological polar surface area (TPSA) is 40.5 Å². The molecule has 1 saturated carbocycles. The highest BCUT2D eigenvalue weighted by atomic mass is 19.3. The van der Waals surface area contributed by atoms with Crippen molar-refractivity contribution in [2.75, 3.05) is 19.6 Å².